The molecule has 0 aliphatic heterocycles. The van der Waals surface area contributed by atoms with Crippen molar-refractivity contribution in [3.05, 3.63) is 28.9 Å². The maximum absolute atomic E-state index is 11.6. The van der Waals surface area contributed by atoms with E-state index in [1.54, 1.807) is 10.8 Å². The fourth-order valence-corrected chi connectivity index (χ4v) is 3.24. The number of hydrogen-bond acceptors (Lipinski definition) is 2. The van der Waals surface area contributed by atoms with Crippen LogP contribution in [0.25, 0.3) is 0 Å². The molecule has 1 aromatic heterocycles. The second kappa shape index (κ2) is 5.13. The average molecular weight is 285 g/mol. The lowest BCUT2D eigenvalue weighted by atomic mass is 9.75. The Labute approximate surface area is 104 Å². The Bertz CT molecular complexity index is 396. The van der Waals surface area contributed by atoms with Gasteiger partial charge in [0.1, 0.15) is 0 Å². The second-order valence-electron chi connectivity index (χ2n) is 4.72. The molecule has 0 saturated heterocycles. The first-order valence-corrected chi connectivity index (χ1v) is 6.95. The monoisotopic (exact) mass is 284 g/mol. The summed E-state index contributed by atoms with van der Waals surface area (Å²) in [5.74, 6) is 0. The number of halogens is 1. The normalized spacial score (nSPS) is 19.6. The Morgan fingerprint density at radius 2 is 2.12 bits per heavy atom. The molecule has 0 spiro atoms. The molecule has 0 aromatic carbocycles. The lowest BCUT2D eigenvalue weighted by Gasteiger charge is -2.36. The van der Waals surface area contributed by atoms with Crippen LogP contribution >= 0.6 is 15.9 Å². The topological polar surface area (TPSA) is 34.9 Å². The summed E-state index contributed by atoms with van der Waals surface area (Å²) in [5, 5.41) is 0.974. The summed E-state index contributed by atoms with van der Waals surface area (Å²) in [5.41, 5.74) is 0.124. The Kier molecular flexibility index (Phi) is 3.79. The van der Waals surface area contributed by atoms with Crippen LogP contribution in [0.3, 0.4) is 0 Å². The molecule has 1 saturated carbocycles. The van der Waals surface area contributed by atoms with Crippen LogP contribution in [0.4, 0.5) is 0 Å². The van der Waals surface area contributed by atoms with Crippen LogP contribution < -0.4 is 5.69 Å². The van der Waals surface area contributed by atoms with Crippen LogP contribution in [0.15, 0.2) is 23.3 Å². The molecule has 1 aromatic rings. The van der Waals surface area contributed by atoms with Crippen molar-refractivity contribution in [3.63, 3.8) is 0 Å². The van der Waals surface area contributed by atoms with Gasteiger partial charge in [-0.1, -0.05) is 35.2 Å². The van der Waals surface area contributed by atoms with Gasteiger partial charge >= 0.3 is 5.69 Å². The molecule has 0 unspecified atom stereocenters. The Balaban J connectivity index is 2.18. The molecule has 1 fully saturated rings. The number of nitrogens with zero attached hydrogens (tertiary/aromatic N) is 2. The van der Waals surface area contributed by atoms with Gasteiger partial charge in [-0.3, -0.25) is 4.57 Å². The zero-order valence-corrected chi connectivity index (χ0v) is 10.9. The molecule has 0 amide bonds. The Hall–Kier alpha value is -0.640. The predicted octanol–water partition coefficient (Wildman–Crippen LogP) is 2.59. The van der Waals surface area contributed by atoms with Gasteiger partial charge in [-0.25, -0.2) is 9.78 Å². The van der Waals surface area contributed by atoms with Crippen LogP contribution in [0.1, 0.15) is 32.1 Å². The van der Waals surface area contributed by atoms with Gasteiger partial charge in [0.25, 0.3) is 0 Å². The van der Waals surface area contributed by atoms with Gasteiger partial charge in [0.15, 0.2) is 0 Å². The van der Waals surface area contributed by atoms with Gasteiger partial charge in [-0.2, -0.15) is 0 Å². The second-order valence-corrected chi connectivity index (χ2v) is 5.29. The van der Waals surface area contributed by atoms with Gasteiger partial charge in [0, 0.05) is 24.3 Å². The van der Waals surface area contributed by atoms with Crippen LogP contribution in [0.2, 0.25) is 0 Å². The van der Waals surface area contributed by atoms with Crippen molar-refractivity contribution in [1.82, 2.24) is 9.55 Å². The molecule has 4 heteroatoms. The van der Waals surface area contributed by atoms with Crippen LogP contribution in [-0.2, 0) is 6.54 Å². The molecule has 3 nitrogen and oxygen atoms in total. The van der Waals surface area contributed by atoms with Gasteiger partial charge < -0.3 is 0 Å². The maximum Gasteiger partial charge on any atom is 0.347 e. The molecule has 88 valence electrons. The van der Waals surface area contributed by atoms with E-state index in [0.717, 1.165) is 11.9 Å². The van der Waals surface area contributed by atoms with E-state index in [0.29, 0.717) is 0 Å². The Morgan fingerprint density at radius 3 is 2.75 bits per heavy atom. The van der Waals surface area contributed by atoms with Crippen molar-refractivity contribution in [2.75, 3.05) is 5.33 Å². The van der Waals surface area contributed by atoms with Gasteiger partial charge in [0.2, 0.25) is 0 Å². The molecule has 2 rings (SSSR count). The molecule has 0 bridgehead atoms. The molecule has 0 radical (unpaired) electrons. The quantitative estimate of drug-likeness (QED) is 0.800. The highest BCUT2D eigenvalue weighted by molar-refractivity contribution is 9.09. The zero-order valence-electron chi connectivity index (χ0n) is 9.36. The predicted molar refractivity (Wildman–Crippen MR) is 67.8 cm³/mol. The number of aromatic nitrogens is 2. The molecular formula is C12H17BrN2O. The lowest BCUT2D eigenvalue weighted by molar-refractivity contribution is 0.188. The van der Waals surface area contributed by atoms with Crippen molar-refractivity contribution in [3.8, 4) is 0 Å². The number of alkyl halides is 1. The number of hydrogen-bond donors (Lipinski definition) is 0. The van der Waals surface area contributed by atoms with Crippen molar-refractivity contribution in [1.29, 1.82) is 0 Å². The summed E-state index contributed by atoms with van der Waals surface area (Å²) in [4.78, 5) is 15.4. The van der Waals surface area contributed by atoms with Crippen LogP contribution in [0, 0.1) is 5.41 Å². The summed E-state index contributed by atoms with van der Waals surface area (Å²) in [7, 11) is 0. The summed E-state index contributed by atoms with van der Waals surface area (Å²) >= 11 is 3.61. The summed E-state index contributed by atoms with van der Waals surface area (Å²) in [6, 6.07) is 1.83. The lowest BCUT2D eigenvalue weighted by Crippen LogP contribution is -2.35. The first-order valence-electron chi connectivity index (χ1n) is 5.83. The highest BCUT2D eigenvalue weighted by Crippen LogP contribution is 2.38. The Morgan fingerprint density at radius 1 is 1.38 bits per heavy atom. The largest absolute Gasteiger partial charge is 0.347 e. The minimum Gasteiger partial charge on any atom is -0.299 e. The molecule has 16 heavy (non-hydrogen) atoms. The summed E-state index contributed by atoms with van der Waals surface area (Å²) in [6.45, 7) is 0.797. The minimum atomic E-state index is -0.131. The smallest absolute Gasteiger partial charge is 0.299 e. The minimum absolute atomic E-state index is 0.131. The first kappa shape index (κ1) is 11.8. The van der Waals surface area contributed by atoms with E-state index in [1.807, 2.05) is 12.3 Å². The average Bonchev–Trinajstić information content (AvgIpc) is 2.33. The van der Waals surface area contributed by atoms with E-state index in [4.69, 9.17) is 0 Å². The highest BCUT2D eigenvalue weighted by atomic mass is 79.9. The third kappa shape index (κ3) is 2.54. The van der Waals surface area contributed by atoms with E-state index in [9.17, 15) is 4.79 Å². The zero-order chi connectivity index (χ0) is 11.4. The molecule has 0 N–H and O–H groups in total. The van der Waals surface area contributed by atoms with E-state index in [2.05, 4.69) is 20.9 Å². The molecule has 1 aliphatic rings. The van der Waals surface area contributed by atoms with E-state index >= 15 is 0 Å². The fraction of sp³-hybridized carbons (Fsp3) is 0.667. The molecular weight excluding hydrogens is 268 g/mol. The third-order valence-electron chi connectivity index (χ3n) is 3.49. The number of rotatable bonds is 3. The maximum atomic E-state index is 11.6. The third-order valence-corrected chi connectivity index (χ3v) is 4.68. The van der Waals surface area contributed by atoms with E-state index < -0.39 is 0 Å². The first-order chi connectivity index (χ1) is 7.76. The SMILES string of the molecule is O=c1ncccn1CC1(CBr)CCCCC1. The standard InChI is InChI=1S/C12H17BrN2O/c13-9-12(5-2-1-3-6-12)10-15-8-4-7-14-11(15)16/h4,7-8H,1-3,5-6,9-10H2. The van der Waals surface area contributed by atoms with Gasteiger partial charge in [-0.05, 0) is 24.3 Å². The van der Waals surface area contributed by atoms with Crippen molar-refractivity contribution in [2.24, 2.45) is 5.41 Å². The molecule has 1 aliphatic carbocycles. The van der Waals surface area contributed by atoms with Crippen LogP contribution in [0.5, 0.6) is 0 Å². The summed E-state index contributed by atoms with van der Waals surface area (Å²) < 4.78 is 1.74. The highest BCUT2D eigenvalue weighted by Gasteiger charge is 2.31. The van der Waals surface area contributed by atoms with E-state index in [1.165, 1.54) is 32.1 Å². The molecule has 0 atom stereocenters. The van der Waals surface area contributed by atoms with Gasteiger partial charge in [0.05, 0.1) is 0 Å². The van der Waals surface area contributed by atoms with Gasteiger partial charge in [-0.15, -0.1) is 0 Å². The van der Waals surface area contributed by atoms with Crippen LogP contribution in [-0.4, -0.2) is 14.9 Å². The van der Waals surface area contributed by atoms with Crippen molar-refractivity contribution >= 4 is 15.9 Å². The van der Waals surface area contributed by atoms with Crippen molar-refractivity contribution in [2.45, 2.75) is 38.6 Å². The van der Waals surface area contributed by atoms with E-state index in [-0.39, 0.29) is 11.1 Å². The summed E-state index contributed by atoms with van der Waals surface area (Å²) in [6.07, 6.45) is 9.70. The fourth-order valence-electron chi connectivity index (χ4n) is 2.50. The molecule has 1 heterocycles. The van der Waals surface area contributed by atoms with Crippen molar-refractivity contribution < 1.29 is 0 Å².